The number of hydrogen-bond donors (Lipinski definition) is 0. The third kappa shape index (κ3) is 8.67. The molecule has 21 heavy (non-hydrogen) atoms. The highest BCUT2D eigenvalue weighted by Gasteiger charge is 2.18. The van der Waals surface area contributed by atoms with E-state index in [0.717, 1.165) is 0 Å². The molecule has 0 aliphatic rings. The lowest BCUT2D eigenvalue weighted by Gasteiger charge is -2.19. The van der Waals surface area contributed by atoms with E-state index >= 15 is 0 Å². The van der Waals surface area contributed by atoms with E-state index < -0.39 is 0 Å². The molecule has 0 fully saturated rings. The van der Waals surface area contributed by atoms with Crippen LogP contribution in [0.4, 0.5) is 0 Å². The molecule has 0 rings (SSSR count). The highest BCUT2D eigenvalue weighted by molar-refractivity contribution is 5.72. The average molecular weight is 304 g/mol. The minimum atomic E-state index is -0.336. The largest absolute Gasteiger partial charge is 0.460 e. The Morgan fingerprint density at radius 2 is 1.05 bits per heavy atom. The summed E-state index contributed by atoms with van der Waals surface area (Å²) in [7, 11) is 3.13. The van der Waals surface area contributed by atoms with Crippen LogP contribution in [0.25, 0.3) is 0 Å². The van der Waals surface area contributed by atoms with Gasteiger partial charge in [-0.25, -0.2) is 0 Å². The van der Waals surface area contributed by atoms with Crippen molar-refractivity contribution < 1.29 is 28.5 Å². The SMILES string of the molecule is COC(C)C(C)OC(=O)CCCC(=O)OC(C)C(C)OC. The minimum absolute atomic E-state index is 0.157. The van der Waals surface area contributed by atoms with Gasteiger partial charge in [0.25, 0.3) is 0 Å². The van der Waals surface area contributed by atoms with Crippen molar-refractivity contribution >= 4 is 11.9 Å². The summed E-state index contributed by atoms with van der Waals surface area (Å²) in [5.74, 6) is -0.671. The smallest absolute Gasteiger partial charge is 0.306 e. The van der Waals surface area contributed by atoms with Crippen molar-refractivity contribution in [2.24, 2.45) is 0 Å². The fourth-order valence-electron chi connectivity index (χ4n) is 1.48. The first-order valence-corrected chi connectivity index (χ1v) is 7.26. The molecule has 0 aromatic rings. The molecule has 0 aliphatic carbocycles. The fraction of sp³-hybridized carbons (Fsp3) is 0.867. The molecule has 0 N–H and O–H groups in total. The Labute approximate surface area is 127 Å². The van der Waals surface area contributed by atoms with Crippen LogP contribution in [0.5, 0.6) is 0 Å². The Bertz CT molecular complexity index is 287. The van der Waals surface area contributed by atoms with Crippen molar-refractivity contribution in [3.05, 3.63) is 0 Å². The minimum Gasteiger partial charge on any atom is -0.460 e. The Balaban J connectivity index is 3.88. The fourth-order valence-corrected chi connectivity index (χ4v) is 1.48. The Morgan fingerprint density at radius 3 is 1.33 bits per heavy atom. The molecule has 0 aromatic heterocycles. The predicted octanol–water partition coefficient (Wildman–Crippen LogP) is 2.09. The van der Waals surface area contributed by atoms with Crippen LogP contribution in [0.2, 0.25) is 0 Å². The van der Waals surface area contributed by atoms with Gasteiger partial charge in [-0.05, 0) is 34.1 Å². The number of hydrogen-bond acceptors (Lipinski definition) is 6. The molecule has 0 amide bonds. The van der Waals surface area contributed by atoms with E-state index in [1.54, 1.807) is 28.1 Å². The van der Waals surface area contributed by atoms with Crippen molar-refractivity contribution in [2.75, 3.05) is 14.2 Å². The lowest BCUT2D eigenvalue weighted by molar-refractivity contribution is -0.156. The van der Waals surface area contributed by atoms with Crippen LogP contribution in [0, 0.1) is 0 Å². The zero-order valence-corrected chi connectivity index (χ0v) is 13.9. The Hall–Kier alpha value is -1.14. The van der Waals surface area contributed by atoms with Crippen LogP contribution in [0.3, 0.4) is 0 Å². The number of esters is 2. The molecule has 0 aliphatic heterocycles. The first-order chi connectivity index (χ1) is 9.81. The predicted molar refractivity (Wildman–Crippen MR) is 77.9 cm³/mol. The normalized spacial score (nSPS) is 16.7. The second kappa shape index (κ2) is 10.6. The lowest BCUT2D eigenvalue weighted by atomic mass is 10.2. The molecular formula is C15H28O6. The molecule has 4 atom stereocenters. The summed E-state index contributed by atoms with van der Waals surface area (Å²) in [4.78, 5) is 23.2. The van der Waals surface area contributed by atoms with Gasteiger partial charge in [0, 0.05) is 27.1 Å². The van der Waals surface area contributed by atoms with Gasteiger partial charge in [-0.2, -0.15) is 0 Å². The zero-order chi connectivity index (χ0) is 16.4. The summed E-state index contributed by atoms with van der Waals surface area (Å²) < 4.78 is 20.5. The third-order valence-electron chi connectivity index (χ3n) is 3.46. The molecule has 4 unspecified atom stereocenters. The van der Waals surface area contributed by atoms with E-state index in [1.807, 2.05) is 13.8 Å². The van der Waals surface area contributed by atoms with Gasteiger partial charge in [-0.15, -0.1) is 0 Å². The van der Waals surface area contributed by atoms with Gasteiger partial charge in [0.2, 0.25) is 0 Å². The van der Waals surface area contributed by atoms with Crippen LogP contribution < -0.4 is 0 Å². The second-order valence-electron chi connectivity index (χ2n) is 5.13. The maximum absolute atomic E-state index is 11.6. The molecule has 0 spiro atoms. The molecule has 0 saturated carbocycles. The summed E-state index contributed by atoms with van der Waals surface area (Å²) in [5.41, 5.74) is 0. The number of ether oxygens (including phenoxy) is 4. The molecule has 124 valence electrons. The van der Waals surface area contributed by atoms with Crippen molar-refractivity contribution in [3.63, 3.8) is 0 Å². The van der Waals surface area contributed by atoms with Gasteiger partial charge < -0.3 is 18.9 Å². The number of carbonyl (C=O) groups is 2. The van der Waals surface area contributed by atoms with Crippen molar-refractivity contribution in [1.82, 2.24) is 0 Å². The quantitative estimate of drug-likeness (QED) is 0.576. The molecule has 0 radical (unpaired) electrons. The van der Waals surface area contributed by atoms with E-state index in [9.17, 15) is 9.59 Å². The summed E-state index contributed by atoms with van der Waals surface area (Å²) in [6.45, 7) is 7.20. The number of carbonyl (C=O) groups excluding carboxylic acids is 2. The van der Waals surface area contributed by atoms with Crippen molar-refractivity contribution in [1.29, 1.82) is 0 Å². The highest BCUT2D eigenvalue weighted by atomic mass is 16.6. The summed E-state index contributed by atoms with van der Waals surface area (Å²) >= 11 is 0. The highest BCUT2D eigenvalue weighted by Crippen LogP contribution is 2.08. The molecule has 6 heteroatoms. The van der Waals surface area contributed by atoms with E-state index in [4.69, 9.17) is 18.9 Å². The van der Waals surface area contributed by atoms with Crippen LogP contribution in [-0.2, 0) is 28.5 Å². The van der Waals surface area contributed by atoms with E-state index in [2.05, 4.69) is 0 Å². The Morgan fingerprint density at radius 1 is 0.714 bits per heavy atom. The first kappa shape index (κ1) is 19.9. The standard InChI is InChI=1S/C15H28O6/c1-10(18-5)12(3)20-14(16)8-7-9-15(17)21-13(4)11(2)19-6/h10-13H,7-9H2,1-6H3. The van der Waals surface area contributed by atoms with Crippen LogP contribution in [0.1, 0.15) is 47.0 Å². The summed E-state index contributed by atoms with van der Waals surface area (Å²) in [5, 5.41) is 0. The van der Waals surface area contributed by atoms with Crippen LogP contribution in [-0.4, -0.2) is 50.6 Å². The van der Waals surface area contributed by atoms with Gasteiger partial charge in [-0.1, -0.05) is 0 Å². The summed E-state index contributed by atoms with van der Waals surface area (Å²) in [6, 6.07) is 0. The summed E-state index contributed by atoms with van der Waals surface area (Å²) in [6.07, 6.45) is -0.159. The van der Waals surface area contributed by atoms with Gasteiger partial charge in [-0.3, -0.25) is 9.59 Å². The molecular weight excluding hydrogens is 276 g/mol. The number of methoxy groups -OCH3 is 2. The third-order valence-corrected chi connectivity index (χ3v) is 3.46. The first-order valence-electron chi connectivity index (χ1n) is 7.26. The van der Waals surface area contributed by atoms with Gasteiger partial charge in [0.05, 0.1) is 12.2 Å². The van der Waals surface area contributed by atoms with E-state index in [-0.39, 0.29) is 49.2 Å². The molecule has 0 aromatic carbocycles. The van der Waals surface area contributed by atoms with Crippen molar-refractivity contribution in [2.45, 2.75) is 71.4 Å². The number of rotatable bonds is 10. The van der Waals surface area contributed by atoms with Crippen LogP contribution >= 0.6 is 0 Å². The molecule has 0 bridgehead atoms. The van der Waals surface area contributed by atoms with Crippen molar-refractivity contribution in [3.8, 4) is 0 Å². The lowest BCUT2D eigenvalue weighted by Crippen LogP contribution is -2.28. The average Bonchev–Trinajstić information content (AvgIpc) is 2.44. The van der Waals surface area contributed by atoms with Gasteiger partial charge in [0.1, 0.15) is 12.2 Å². The van der Waals surface area contributed by atoms with Gasteiger partial charge in [0.15, 0.2) is 0 Å². The molecule has 0 saturated heterocycles. The zero-order valence-electron chi connectivity index (χ0n) is 13.9. The van der Waals surface area contributed by atoms with E-state index in [0.29, 0.717) is 6.42 Å². The van der Waals surface area contributed by atoms with Crippen LogP contribution in [0.15, 0.2) is 0 Å². The maximum Gasteiger partial charge on any atom is 0.306 e. The van der Waals surface area contributed by atoms with E-state index in [1.165, 1.54) is 0 Å². The molecule has 6 nitrogen and oxygen atoms in total. The maximum atomic E-state index is 11.6. The van der Waals surface area contributed by atoms with Gasteiger partial charge >= 0.3 is 11.9 Å². The monoisotopic (exact) mass is 304 g/mol. The topological polar surface area (TPSA) is 71.1 Å². The Kier molecular flexibility index (Phi) is 9.99. The second-order valence-corrected chi connectivity index (χ2v) is 5.13. The molecule has 0 heterocycles.